The van der Waals surface area contributed by atoms with Gasteiger partial charge in [-0.1, -0.05) is 6.07 Å². The summed E-state index contributed by atoms with van der Waals surface area (Å²) >= 11 is 3.64. The Labute approximate surface area is 81.4 Å². The van der Waals surface area contributed by atoms with Gasteiger partial charge in [0.2, 0.25) is 0 Å². The van der Waals surface area contributed by atoms with Crippen molar-refractivity contribution in [3.05, 3.63) is 23.8 Å². The Morgan fingerprint density at radius 3 is 2.23 bits per heavy atom. The van der Waals surface area contributed by atoms with Crippen LogP contribution >= 0.6 is 11.9 Å². The van der Waals surface area contributed by atoms with E-state index in [2.05, 4.69) is 11.9 Å². The summed E-state index contributed by atoms with van der Waals surface area (Å²) in [5.74, 6) is -0.179. The third-order valence-corrected chi connectivity index (χ3v) is 1.47. The van der Waals surface area contributed by atoms with Crippen molar-refractivity contribution in [1.82, 2.24) is 0 Å². The Hall–Kier alpha value is -0.970. The minimum atomic E-state index is -0.0919. The molecule has 0 radical (unpaired) electrons. The minimum absolute atomic E-state index is 0.0871. The van der Waals surface area contributed by atoms with E-state index in [-0.39, 0.29) is 11.5 Å². The quantitative estimate of drug-likeness (QED) is 0.537. The molecule has 0 amide bonds. The second-order valence-corrected chi connectivity index (χ2v) is 2.36. The second kappa shape index (κ2) is 6.54. The summed E-state index contributed by atoms with van der Waals surface area (Å²) in [5.41, 5.74) is 6.24. The highest BCUT2D eigenvalue weighted by Gasteiger charge is 1.98. The molecule has 0 saturated heterocycles. The van der Waals surface area contributed by atoms with E-state index in [1.807, 2.05) is 0 Å². The number of hydrogen-bond acceptors (Lipinski definition) is 4. The molecule has 5 heteroatoms. The zero-order chi connectivity index (χ0) is 10.3. The first-order valence-corrected chi connectivity index (χ1v) is 3.95. The van der Waals surface area contributed by atoms with Crippen molar-refractivity contribution in [2.75, 3.05) is 6.54 Å². The molecule has 0 atom stereocenters. The van der Waals surface area contributed by atoms with Crippen molar-refractivity contribution in [2.24, 2.45) is 5.73 Å². The van der Waals surface area contributed by atoms with Crippen LogP contribution < -0.4 is 5.73 Å². The SMILES string of the molecule is NCCc1ccc(O)c(O)c1.OCl. The number of phenols is 2. The molecule has 0 aromatic heterocycles. The van der Waals surface area contributed by atoms with Crippen molar-refractivity contribution in [1.29, 1.82) is 0 Å². The zero-order valence-electron chi connectivity index (χ0n) is 6.94. The molecule has 5 N–H and O–H groups in total. The summed E-state index contributed by atoms with van der Waals surface area (Å²) < 4.78 is 6.47. The fourth-order valence-corrected chi connectivity index (χ4v) is 0.891. The summed E-state index contributed by atoms with van der Waals surface area (Å²) in [5, 5.41) is 18.0. The van der Waals surface area contributed by atoms with Crippen molar-refractivity contribution < 1.29 is 14.9 Å². The predicted octanol–water partition coefficient (Wildman–Crippen LogP) is 0.731. The Kier molecular flexibility index (Phi) is 6.05. The molecule has 1 aromatic rings. The third-order valence-electron chi connectivity index (χ3n) is 1.47. The van der Waals surface area contributed by atoms with E-state index in [0.29, 0.717) is 13.0 Å². The van der Waals surface area contributed by atoms with Crippen LogP contribution in [0, 0.1) is 0 Å². The highest BCUT2D eigenvalue weighted by atomic mass is 35.5. The Morgan fingerprint density at radius 1 is 1.15 bits per heavy atom. The molecule has 0 heterocycles. The molecule has 4 nitrogen and oxygen atoms in total. The lowest BCUT2D eigenvalue weighted by atomic mass is 10.1. The highest BCUT2D eigenvalue weighted by molar-refractivity contribution is 6.04. The summed E-state index contributed by atoms with van der Waals surface area (Å²) in [4.78, 5) is 0. The maximum Gasteiger partial charge on any atom is 0.157 e. The van der Waals surface area contributed by atoms with Crippen LogP contribution in [0.4, 0.5) is 0 Å². The van der Waals surface area contributed by atoms with Gasteiger partial charge in [-0.15, -0.1) is 0 Å². The van der Waals surface area contributed by atoms with Crippen LogP contribution in [0.25, 0.3) is 0 Å². The van der Waals surface area contributed by atoms with Gasteiger partial charge in [-0.25, -0.2) is 0 Å². The molecule has 1 rings (SSSR count). The monoisotopic (exact) mass is 205 g/mol. The standard InChI is InChI=1S/C8H11NO2.ClHO/c9-4-3-6-1-2-7(10)8(11)5-6;1-2/h1-2,5,10-11H,3-4,9H2;2H. The minimum Gasteiger partial charge on any atom is -0.504 e. The molecule has 0 spiro atoms. The van der Waals surface area contributed by atoms with Gasteiger partial charge < -0.3 is 15.9 Å². The molecule has 0 bridgehead atoms. The first-order valence-electron chi connectivity index (χ1n) is 3.62. The normalized spacial score (nSPS) is 8.85. The maximum atomic E-state index is 9.04. The first-order chi connectivity index (χ1) is 6.24. The van der Waals surface area contributed by atoms with E-state index >= 15 is 0 Å². The van der Waals surface area contributed by atoms with Gasteiger partial charge in [0, 0.05) is 0 Å². The van der Waals surface area contributed by atoms with E-state index in [9.17, 15) is 0 Å². The number of phenolic OH excluding ortho intramolecular Hbond substituents is 2. The van der Waals surface area contributed by atoms with E-state index in [4.69, 9.17) is 20.6 Å². The lowest BCUT2D eigenvalue weighted by molar-refractivity contribution is 0.403. The van der Waals surface area contributed by atoms with E-state index < -0.39 is 0 Å². The van der Waals surface area contributed by atoms with Crippen molar-refractivity contribution in [3.8, 4) is 11.5 Å². The molecule has 13 heavy (non-hydrogen) atoms. The Balaban J connectivity index is 0.000000671. The topological polar surface area (TPSA) is 86.7 Å². The number of aromatic hydroxyl groups is 2. The number of nitrogens with two attached hydrogens (primary N) is 1. The first kappa shape index (κ1) is 12.0. The largest absolute Gasteiger partial charge is 0.504 e. The van der Waals surface area contributed by atoms with Crippen LogP contribution in [0.2, 0.25) is 0 Å². The van der Waals surface area contributed by atoms with E-state index in [1.54, 1.807) is 6.07 Å². The van der Waals surface area contributed by atoms with Crippen LogP contribution in [0.1, 0.15) is 5.56 Å². The van der Waals surface area contributed by atoms with Crippen molar-refractivity contribution >= 4 is 11.9 Å². The van der Waals surface area contributed by atoms with E-state index in [0.717, 1.165) is 5.56 Å². The number of halogens is 1. The molecule has 0 aliphatic carbocycles. The summed E-state index contributed by atoms with van der Waals surface area (Å²) in [6, 6.07) is 4.71. The lowest BCUT2D eigenvalue weighted by Gasteiger charge is -2.00. The summed E-state index contributed by atoms with van der Waals surface area (Å²) in [6.45, 7) is 0.546. The molecule has 0 saturated carbocycles. The Bertz CT molecular complexity index is 255. The van der Waals surface area contributed by atoms with Gasteiger partial charge in [0.05, 0.1) is 11.9 Å². The molecule has 0 unspecified atom stereocenters. The molecule has 0 aliphatic rings. The van der Waals surface area contributed by atoms with Crippen LogP contribution in [0.3, 0.4) is 0 Å². The highest BCUT2D eigenvalue weighted by Crippen LogP contribution is 2.24. The predicted molar refractivity (Wildman–Crippen MR) is 50.6 cm³/mol. The molecule has 0 fully saturated rings. The fourth-order valence-electron chi connectivity index (χ4n) is 0.891. The molecular formula is C8H12ClNO3. The van der Waals surface area contributed by atoms with Gasteiger partial charge >= 0.3 is 0 Å². The van der Waals surface area contributed by atoms with Gasteiger partial charge in [0.1, 0.15) is 0 Å². The molecular weight excluding hydrogens is 194 g/mol. The van der Waals surface area contributed by atoms with Crippen molar-refractivity contribution in [3.63, 3.8) is 0 Å². The average Bonchev–Trinajstić information content (AvgIpc) is 2.15. The van der Waals surface area contributed by atoms with Crippen LogP contribution in [0.15, 0.2) is 18.2 Å². The average molecular weight is 206 g/mol. The Morgan fingerprint density at radius 2 is 1.77 bits per heavy atom. The van der Waals surface area contributed by atoms with Gasteiger partial charge in [0.25, 0.3) is 0 Å². The van der Waals surface area contributed by atoms with Crippen LogP contribution in [0.5, 0.6) is 11.5 Å². The van der Waals surface area contributed by atoms with Crippen LogP contribution in [-0.4, -0.2) is 21.4 Å². The number of hydrogen-bond donors (Lipinski definition) is 4. The molecule has 1 aromatic carbocycles. The van der Waals surface area contributed by atoms with Gasteiger partial charge in [0.15, 0.2) is 11.5 Å². The third kappa shape index (κ3) is 3.98. The summed E-state index contributed by atoms with van der Waals surface area (Å²) in [7, 11) is 0. The van der Waals surface area contributed by atoms with E-state index in [1.165, 1.54) is 12.1 Å². The van der Waals surface area contributed by atoms with Crippen molar-refractivity contribution in [2.45, 2.75) is 6.42 Å². The zero-order valence-corrected chi connectivity index (χ0v) is 7.70. The lowest BCUT2D eigenvalue weighted by Crippen LogP contribution is -2.02. The second-order valence-electron chi connectivity index (χ2n) is 2.36. The summed E-state index contributed by atoms with van der Waals surface area (Å²) in [6.07, 6.45) is 0.716. The molecule has 0 aliphatic heterocycles. The van der Waals surface area contributed by atoms with Crippen LogP contribution in [-0.2, 0) is 6.42 Å². The molecule has 74 valence electrons. The van der Waals surface area contributed by atoms with Gasteiger partial charge in [-0.05, 0) is 30.7 Å². The fraction of sp³-hybridized carbons (Fsp3) is 0.250. The van der Waals surface area contributed by atoms with Gasteiger partial charge in [-0.2, -0.15) is 0 Å². The number of benzene rings is 1. The number of rotatable bonds is 2. The van der Waals surface area contributed by atoms with Gasteiger partial charge in [-0.3, -0.25) is 4.66 Å². The smallest absolute Gasteiger partial charge is 0.157 e. The maximum absolute atomic E-state index is 9.04.